The number of nitrogens with one attached hydrogen (secondary N) is 1. The van der Waals surface area contributed by atoms with Crippen LogP contribution in [0.5, 0.6) is 0 Å². The molecule has 136 valence electrons. The van der Waals surface area contributed by atoms with Crippen LogP contribution in [-0.4, -0.2) is 24.9 Å². The van der Waals surface area contributed by atoms with Crippen molar-refractivity contribution in [2.45, 2.75) is 57.8 Å². The summed E-state index contributed by atoms with van der Waals surface area (Å²) in [6.07, 6.45) is 8.74. The minimum absolute atomic E-state index is 0.0227. The predicted octanol–water partition coefficient (Wildman–Crippen LogP) is 3.44. The lowest BCUT2D eigenvalue weighted by atomic mass is 9.71. The Bertz CT molecular complexity index is 623. The fourth-order valence-corrected chi connectivity index (χ4v) is 4.13. The first kappa shape index (κ1) is 17.9. The van der Waals surface area contributed by atoms with Crippen LogP contribution in [-0.2, 0) is 9.59 Å². The molecule has 0 spiro atoms. The Kier molecular flexibility index (Phi) is 5.74. The molecule has 1 saturated heterocycles. The van der Waals surface area contributed by atoms with Crippen molar-refractivity contribution in [2.24, 2.45) is 11.1 Å². The smallest absolute Gasteiger partial charge is 0.226 e. The highest BCUT2D eigenvalue weighted by atomic mass is 16.2. The number of hydrogen-bond donors (Lipinski definition) is 2. The lowest BCUT2D eigenvalue weighted by Gasteiger charge is -2.35. The second-order valence-electron chi connectivity index (χ2n) is 7.54. The maximum Gasteiger partial charge on any atom is 0.226 e. The molecule has 1 aromatic carbocycles. The molecule has 3 N–H and O–H groups in total. The molecule has 0 radical (unpaired) electrons. The molecular weight excluding hydrogens is 314 g/mol. The second-order valence-corrected chi connectivity index (χ2v) is 7.54. The fourth-order valence-electron chi connectivity index (χ4n) is 4.13. The van der Waals surface area contributed by atoms with Crippen LogP contribution in [0.1, 0.15) is 57.8 Å². The molecule has 2 aliphatic rings. The predicted molar refractivity (Wildman–Crippen MR) is 100 cm³/mol. The number of nitrogens with zero attached hydrogens (tertiary/aromatic N) is 1. The molecule has 5 nitrogen and oxygen atoms in total. The van der Waals surface area contributed by atoms with Crippen molar-refractivity contribution in [2.75, 3.05) is 23.3 Å². The molecule has 1 aliphatic heterocycles. The highest BCUT2D eigenvalue weighted by Crippen LogP contribution is 2.38. The van der Waals surface area contributed by atoms with Crippen LogP contribution in [0.3, 0.4) is 0 Å². The van der Waals surface area contributed by atoms with E-state index in [1.165, 1.54) is 6.42 Å². The third-order valence-electron chi connectivity index (χ3n) is 5.65. The molecule has 0 aromatic heterocycles. The van der Waals surface area contributed by atoms with Gasteiger partial charge < -0.3 is 16.0 Å². The Morgan fingerprint density at radius 1 is 1.16 bits per heavy atom. The molecule has 2 fully saturated rings. The van der Waals surface area contributed by atoms with Gasteiger partial charge in [0.25, 0.3) is 0 Å². The lowest BCUT2D eigenvalue weighted by Crippen LogP contribution is -2.36. The molecule has 2 amide bonds. The van der Waals surface area contributed by atoms with Crippen LogP contribution >= 0.6 is 0 Å². The van der Waals surface area contributed by atoms with Crippen LogP contribution in [0, 0.1) is 5.41 Å². The van der Waals surface area contributed by atoms with E-state index in [-0.39, 0.29) is 17.2 Å². The van der Waals surface area contributed by atoms with Gasteiger partial charge in [-0.25, -0.2) is 0 Å². The molecule has 1 heterocycles. The van der Waals surface area contributed by atoms with Gasteiger partial charge in [-0.15, -0.1) is 0 Å². The maximum absolute atomic E-state index is 12.5. The monoisotopic (exact) mass is 343 g/mol. The van der Waals surface area contributed by atoms with Gasteiger partial charge in [0.2, 0.25) is 11.8 Å². The molecule has 1 aliphatic carbocycles. The van der Waals surface area contributed by atoms with Gasteiger partial charge in [0.1, 0.15) is 0 Å². The number of benzene rings is 1. The zero-order chi connectivity index (χ0) is 17.7. The normalized spacial score (nSPS) is 20.4. The van der Waals surface area contributed by atoms with Crippen molar-refractivity contribution in [1.82, 2.24) is 0 Å². The van der Waals surface area contributed by atoms with Gasteiger partial charge >= 0.3 is 0 Å². The van der Waals surface area contributed by atoms with Crippen LogP contribution in [0.2, 0.25) is 0 Å². The quantitative estimate of drug-likeness (QED) is 0.860. The largest absolute Gasteiger partial charge is 0.330 e. The van der Waals surface area contributed by atoms with Gasteiger partial charge in [-0.2, -0.15) is 0 Å². The maximum atomic E-state index is 12.5. The first-order chi connectivity index (χ1) is 12.1. The zero-order valence-electron chi connectivity index (χ0n) is 14.9. The lowest BCUT2D eigenvalue weighted by molar-refractivity contribution is -0.120. The Morgan fingerprint density at radius 2 is 1.96 bits per heavy atom. The molecule has 3 rings (SSSR count). The third-order valence-corrected chi connectivity index (χ3v) is 5.65. The van der Waals surface area contributed by atoms with E-state index < -0.39 is 0 Å². The van der Waals surface area contributed by atoms with Crippen molar-refractivity contribution in [3.8, 4) is 0 Å². The van der Waals surface area contributed by atoms with E-state index in [4.69, 9.17) is 5.73 Å². The number of hydrogen-bond acceptors (Lipinski definition) is 3. The summed E-state index contributed by atoms with van der Waals surface area (Å²) in [4.78, 5) is 26.5. The molecule has 1 saturated carbocycles. The Balaban J connectivity index is 1.65. The molecule has 0 unspecified atom stereocenters. The van der Waals surface area contributed by atoms with E-state index in [0.29, 0.717) is 19.4 Å². The first-order valence-electron chi connectivity index (χ1n) is 9.52. The van der Waals surface area contributed by atoms with E-state index in [2.05, 4.69) is 5.32 Å². The average molecular weight is 343 g/mol. The van der Waals surface area contributed by atoms with Gasteiger partial charge in [-0.05, 0) is 55.8 Å². The molecule has 25 heavy (non-hydrogen) atoms. The topological polar surface area (TPSA) is 75.4 Å². The molecule has 5 heteroatoms. The number of carbonyl (C=O) groups is 2. The number of anilines is 2. The SMILES string of the molecule is NCC1(CC(=O)Nc2cccc(N3CCCCC3=O)c2)CCCCC1. The minimum Gasteiger partial charge on any atom is -0.330 e. The van der Waals surface area contributed by atoms with Gasteiger partial charge in [0.05, 0.1) is 0 Å². The summed E-state index contributed by atoms with van der Waals surface area (Å²) in [6, 6.07) is 7.61. The van der Waals surface area contributed by atoms with Crippen molar-refractivity contribution < 1.29 is 9.59 Å². The summed E-state index contributed by atoms with van der Waals surface area (Å²) >= 11 is 0. The van der Waals surface area contributed by atoms with Crippen LogP contribution < -0.4 is 16.0 Å². The summed E-state index contributed by atoms with van der Waals surface area (Å²) in [5.41, 5.74) is 7.58. The van der Waals surface area contributed by atoms with Gasteiger partial charge in [-0.3, -0.25) is 9.59 Å². The van der Waals surface area contributed by atoms with E-state index >= 15 is 0 Å². The molecule has 0 bridgehead atoms. The second kappa shape index (κ2) is 8.00. The number of carbonyl (C=O) groups excluding carboxylic acids is 2. The molecule has 0 atom stereocenters. The van der Waals surface area contributed by atoms with E-state index in [0.717, 1.165) is 56.4 Å². The van der Waals surface area contributed by atoms with Crippen LogP contribution in [0.15, 0.2) is 24.3 Å². The highest BCUT2D eigenvalue weighted by Gasteiger charge is 2.33. The number of amides is 2. The molecule has 1 aromatic rings. The van der Waals surface area contributed by atoms with E-state index in [1.54, 1.807) is 0 Å². The number of nitrogens with two attached hydrogens (primary N) is 1. The standard InChI is InChI=1S/C20H29N3O2/c21-15-20(10-3-1-4-11-20)14-18(24)22-16-7-6-8-17(13-16)23-12-5-2-9-19(23)25/h6-8,13H,1-5,9-12,14-15,21H2,(H,22,24). The van der Waals surface area contributed by atoms with Crippen LogP contribution in [0.4, 0.5) is 11.4 Å². The van der Waals surface area contributed by atoms with Crippen molar-refractivity contribution in [3.05, 3.63) is 24.3 Å². The van der Waals surface area contributed by atoms with Crippen molar-refractivity contribution in [3.63, 3.8) is 0 Å². The van der Waals surface area contributed by atoms with Crippen LogP contribution in [0.25, 0.3) is 0 Å². The Morgan fingerprint density at radius 3 is 2.68 bits per heavy atom. The summed E-state index contributed by atoms with van der Waals surface area (Å²) < 4.78 is 0. The van der Waals surface area contributed by atoms with Gasteiger partial charge in [0.15, 0.2) is 0 Å². The van der Waals surface area contributed by atoms with Gasteiger partial charge in [0, 0.05) is 30.8 Å². The number of rotatable bonds is 5. The summed E-state index contributed by atoms with van der Waals surface area (Å²) in [7, 11) is 0. The first-order valence-corrected chi connectivity index (χ1v) is 9.52. The number of piperidine rings is 1. The minimum atomic E-state index is -0.0389. The Labute approximate surface area is 150 Å². The summed E-state index contributed by atoms with van der Waals surface area (Å²) in [5, 5.41) is 3.01. The average Bonchev–Trinajstić information content (AvgIpc) is 2.63. The van der Waals surface area contributed by atoms with Crippen molar-refractivity contribution in [1.29, 1.82) is 0 Å². The van der Waals surface area contributed by atoms with E-state index in [9.17, 15) is 9.59 Å². The molecular formula is C20H29N3O2. The summed E-state index contributed by atoms with van der Waals surface area (Å²) in [6.45, 7) is 1.33. The van der Waals surface area contributed by atoms with Crippen molar-refractivity contribution >= 4 is 23.2 Å². The Hall–Kier alpha value is -1.88. The fraction of sp³-hybridized carbons (Fsp3) is 0.600. The zero-order valence-corrected chi connectivity index (χ0v) is 14.9. The van der Waals surface area contributed by atoms with E-state index in [1.807, 2.05) is 29.2 Å². The third kappa shape index (κ3) is 4.40. The highest BCUT2D eigenvalue weighted by molar-refractivity contribution is 5.96. The van der Waals surface area contributed by atoms with Gasteiger partial charge in [-0.1, -0.05) is 25.3 Å². The summed E-state index contributed by atoms with van der Waals surface area (Å²) in [5.74, 6) is 0.188.